The highest BCUT2D eigenvalue weighted by molar-refractivity contribution is 6.30. The molecule has 2 atom stereocenters. The number of nitrogens with zero attached hydrogens (tertiary/aromatic N) is 3. The summed E-state index contributed by atoms with van der Waals surface area (Å²) in [6.07, 6.45) is 0. The molecule has 7 nitrogen and oxygen atoms in total. The summed E-state index contributed by atoms with van der Waals surface area (Å²) >= 11 is 6.29. The zero-order valence-corrected chi connectivity index (χ0v) is 19.0. The Bertz CT molecular complexity index is 663. The van der Waals surface area contributed by atoms with Gasteiger partial charge in [-0.2, -0.15) is 0 Å². The second-order valence-corrected chi connectivity index (χ2v) is 8.25. The van der Waals surface area contributed by atoms with Crippen molar-refractivity contribution in [2.75, 3.05) is 72.2 Å². The van der Waals surface area contributed by atoms with E-state index in [9.17, 15) is 0 Å². The molecule has 2 saturated heterocycles. The summed E-state index contributed by atoms with van der Waals surface area (Å²) in [5.41, 5.74) is 1.22. The molecule has 168 valence electrons. The molecule has 0 amide bonds. The van der Waals surface area contributed by atoms with Gasteiger partial charge in [0.1, 0.15) is 0 Å². The molecule has 0 aromatic heterocycles. The summed E-state index contributed by atoms with van der Waals surface area (Å²) in [4.78, 5) is 9.76. The van der Waals surface area contributed by atoms with Crippen LogP contribution in [-0.2, 0) is 9.47 Å². The fourth-order valence-electron chi connectivity index (χ4n) is 3.95. The van der Waals surface area contributed by atoms with E-state index in [2.05, 4.69) is 46.4 Å². The topological polar surface area (TPSA) is 61.4 Å². The van der Waals surface area contributed by atoms with Crippen LogP contribution in [0.1, 0.15) is 25.5 Å². The zero-order chi connectivity index (χ0) is 21.2. The molecule has 30 heavy (non-hydrogen) atoms. The third-order valence-electron chi connectivity index (χ3n) is 5.71. The van der Waals surface area contributed by atoms with E-state index in [1.807, 2.05) is 12.1 Å². The van der Waals surface area contributed by atoms with Gasteiger partial charge in [-0.25, -0.2) is 0 Å². The van der Waals surface area contributed by atoms with Crippen molar-refractivity contribution >= 4 is 17.6 Å². The van der Waals surface area contributed by atoms with E-state index < -0.39 is 0 Å². The van der Waals surface area contributed by atoms with Crippen molar-refractivity contribution in [2.45, 2.75) is 25.9 Å². The summed E-state index contributed by atoms with van der Waals surface area (Å²) in [6, 6.07) is 8.77. The van der Waals surface area contributed by atoms with Crippen LogP contribution in [0, 0.1) is 0 Å². The molecular weight excluding hydrogens is 402 g/mol. The highest BCUT2D eigenvalue weighted by atomic mass is 35.5. The Morgan fingerprint density at radius 2 is 1.73 bits per heavy atom. The molecule has 0 spiro atoms. The Labute approximate surface area is 185 Å². The van der Waals surface area contributed by atoms with Crippen molar-refractivity contribution in [3.05, 3.63) is 34.9 Å². The number of morpholine rings is 2. The maximum atomic E-state index is 6.29. The van der Waals surface area contributed by atoms with Gasteiger partial charge in [-0.05, 0) is 31.5 Å². The fourth-order valence-corrected chi connectivity index (χ4v) is 4.15. The summed E-state index contributed by atoms with van der Waals surface area (Å²) < 4.78 is 11.0. The van der Waals surface area contributed by atoms with Crippen LogP contribution in [0.5, 0.6) is 0 Å². The van der Waals surface area contributed by atoms with E-state index in [0.717, 1.165) is 83.2 Å². The number of rotatable bonds is 8. The average Bonchev–Trinajstić information content (AvgIpc) is 2.78. The van der Waals surface area contributed by atoms with Gasteiger partial charge in [0, 0.05) is 50.3 Å². The third kappa shape index (κ3) is 7.10. The Kier molecular flexibility index (Phi) is 9.68. The Hall–Kier alpha value is -1.38. The van der Waals surface area contributed by atoms with Gasteiger partial charge in [-0.15, -0.1) is 0 Å². The Balaban J connectivity index is 1.64. The number of aliphatic imine (C=N–C) groups is 1. The van der Waals surface area contributed by atoms with E-state index in [4.69, 9.17) is 26.1 Å². The molecule has 2 aliphatic rings. The van der Waals surface area contributed by atoms with E-state index in [1.165, 1.54) is 5.56 Å². The molecule has 2 unspecified atom stereocenters. The molecule has 2 aliphatic heterocycles. The first kappa shape index (κ1) is 23.3. The van der Waals surface area contributed by atoms with Gasteiger partial charge >= 0.3 is 0 Å². The maximum Gasteiger partial charge on any atom is 0.191 e. The quantitative estimate of drug-likeness (QED) is 0.479. The molecule has 1 aromatic rings. The number of hydrogen-bond donors (Lipinski definition) is 2. The third-order valence-corrected chi connectivity index (χ3v) is 5.94. The first-order valence-corrected chi connectivity index (χ1v) is 11.5. The number of guanidine groups is 1. The van der Waals surface area contributed by atoms with Crippen molar-refractivity contribution in [2.24, 2.45) is 4.99 Å². The highest BCUT2D eigenvalue weighted by Crippen LogP contribution is 2.24. The molecule has 0 bridgehead atoms. The second-order valence-electron chi connectivity index (χ2n) is 7.82. The average molecular weight is 438 g/mol. The van der Waals surface area contributed by atoms with Crippen LogP contribution in [0.2, 0.25) is 5.02 Å². The van der Waals surface area contributed by atoms with Gasteiger partial charge in [-0.3, -0.25) is 14.8 Å². The normalized spacial score (nSPS) is 21.2. The minimum atomic E-state index is 0.216. The minimum Gasteiger partial charge on any atom is -0.379 e. The summed E-state index contributed by atoms with van der Waals surface area (Å²) in [5, 5.41) is 7.72. The molecule has 1 aromatic carbocycles. The van der Waals surface area contributed by atoms with E-state index >= 15 is 0 Å². The SMILES string of the molecule is CCNC(=NCC(C)N1CCOCC1)NCC(c1cccc(Cl)c1)N1CCOCC1. The molecule has 2 heterocycles. The van der Waals surface area contributed by atoms with Crippen LogP contribution in [0.4, 0.5) is 0 Å². The van der Waals surface area contributed by atoms with E-state index in [1.54, 1.807) is 0 Å². The molecule has 2 N–H and O–H groups in total. The van der Waals surface area contributed by atoms with Crippen molar-refractivity contribution in [3.8, 4) is 0 Å². The zero-order valence-electron chi connectivity index (χ0n) is 18.3. The van der Waals surface area contributed by atoms with Gasteiger partial charge in [0.05, 0.1) is 39.0 Å². The van der Waals surface area contributed by atoms with E-state index in [0.29, 0.717) is 6.04 Å². The first-order chi connectivity index (χ1) is 14.7. The largest absolute Gasteiger partial charge is 0.379 e. The van der Waals surface area contributed by atoms with Crippen LogP contribution in [-0.4, -0.2) is 94.0 Å². The van der Waals surface area contributed by atoms with Crippen LogP contribution in [0.15, 0.2) is 29.3 Å². The van der Waals surface area contributed by atoms with Crippen LogP contribution < -0.4 is 10.6 Å². The highest BCUT2D eigenvalue weighted by Gasteiger charge is 2.23. The fraction of sp³-hybridized carbons (Fsp3) is 0.682. The molecule has 0 saturated carbocycles. The first-order valence-electron chi connectivity index (χ1n) is 11.1. The lowest BCUT2D eigenvalue weighted by Crippen LogP contribution is -2.47. The maximum absolute atomic E-state index is 6.29. The monoisotopic (exact) mass is 437 g/mol. The van der Waals surface area contributed by atoms with Crippen molar-refractivity contribution in [1.29, 1.82) is 0 Å². The molecule has 2 fully saturated rings. The minimum absolute atomic E-state index is 0.216. The standard InChI is InChI=1S/C22H36ClN5O2/c1-3-24-22(25-16-18(2)27-7-11-29-12-8-27)26-17-21(28-9-13-30-14-10-28)19-5-4-6-20(23)15-19/h4-6,15,18,21H,3,7-14,16-17H2,1-2H3,(H2,24,25,26). The van der Waals surface area contributed by atoms with Crippen LogP contribution in [0.3, 0.4) is 0 Å². The Morgan fingerprint density at radius 1 is 1.07 bits per heavy atom. The van der Waals surface area contributed by atoms with Gasteiger partial charge < -0.3 is 20.1 Å². The predicted molar refractivity (Wildman–Crippen MR) is 122 cm³/mol. The summed E-state index contributed by atoms with van der Waals surface area (Å²) in [5.74, 6) is 0.859. The van der Waals surface area contributed by atoms with Crippen molar-refractivity contribution < 1.29 is 9.47 Å². The van der Waals surface area contributed by atoms with E-state index in [-0.39, 0.29) is 6.04 Å². The summed E-state index contributed by atoms with van der Waals surface area (Å²) in [6.45, 7) is 13.6. The lowest BCUT2D eigenvalue weighted by molar-refractivity contribution is 0.0169. The molecule has 0 radical (unpaired) electrons. The van der Waals surface area contributed by atoms with Crippen molar-refractivity contribution in [3.63, 3.8) is 0 Å². The van der Waals surface area contributed by atoms with Gasteiger partial charge in [0.15, 0.2) is 5.96 Å². The van der Waals surface area contributed by atoms with Crippen LogP contribution >= 0.6 is 11.6 Å². The predicted octanol–water partition coefficient (Wildman–Crippen LogP) is 1.99. The molecule has 8 heteroatoms. The Morgan fingerprint density at radius 3 is 2.37 bits per heavy atom. The number of halogens is 1. The number of benzene rings is 1. The lowest BCUT2D eigenvalue weighted by atomic mass is 10.0. The number of nitrogens with one attached hydrogen (secondary N) is 2. The van der Waals surface area contributed by atoms with Crippen LogP contribution in [0.25, 0.3) is 0 Å². The molecule has 0 aliphatic carbocycles. The van der Waals surface area contributed by atoms with Gasteiger partial charge in [-0.1, -0.05) is 23.7 Å². The summed E-state index contributed by atoms with van der Waals surface area (Å²) in [7, 11) is 0. The second kappa shape index (κ2) is 12.5. The number of hydrogen-bond acceptors (Lipinski definition) is 5. The smallest absolute Gasteiger partial charge is 0.191 e. The van der Waals surface area contributed by atoms with Gasteiger partial charge in [0.2, 0.25) is 0 Å². The van der Waals surface area contributed by atoms with Crippen molar-refractivity contribution in [1.82, 2.24) is 20.4 Å². The molecular formula is C22H36ClN5O2. The lowest BCUT2D eigenvalue weighted by Gasteiger charge is -2.35. The van der Waals surface area contributed by atoms with Gasteiger partial charge in [0.25, 0.3) is 0 Å². The molecule has 3 rings (SSSR count). The number of ether oxygens (including phenoxy) is 2.